The predicted molar refractivity (Wildman–Crippen MR) is 71.0 cm³/mol. The van der Waals surface area contributed by atoms with Crippen molar-refractivity contribution < 1.29 is 19.4 Å². The number of phenolic OH excluding ortho intramolecular Hbond substituents is 1. The third-order valence-electron chi connectivity index (χ3n) is 2.57. The molecule has 0 bridgehead atoms. The Labute approximate surface area is 112 Å². The molecule has 0 heterocycles. The number of nitrogens with one attached hydrogen (secondary N) is 1. The highest BCUT2D eigenvalue weighted by Gasteiger charge is 2.20. The van der Waals surface area contributed by atoms with E-state index in [1.54, 1.807) is 13.0 Å². The van der Waals surface area contributed by atoms with E-state index in [1.165, 1.54) is 19.1 Å². The number of hydrogen-bond donors (Lipinski definition) is 2. The first-order chi connectivity index (χ1) is 8.95. The Morgan fingerprint density at radius 3 is 2.74 bits per heavy atom. The molecule has 0 saturated carbocycles. The largest absolute Gasteiger partial charge is 0.507 e. The lowest BCUT2D eigenvalue weighted by Gasteiger charge is -2.13. The minimum Gasteiger partial charge on any atom is -0.507 e. The predicted octanol–water partition coefficient (Wildman–Crippen LogP) is 1.77. The summed E-state index contributed by atoms with van der Waals surface area (Å²) in [4.78, 5) is 23.4. The Kier molecular flexibility index (Phi) is 5.36. The Morgan fingerprint density at radius 1 is 1.42 bits per heavy atom. The molecule has 0 spiro atoms. The van der Waals surface area contributed by atoms with Crippen molar-refractivity contribution in [3.8, 4) is 5.75 Å². The molecule has 1 amide bonds. The van der Waals surface area contributed by atoms with Crippen LogP contribution >= 0.6 is 0 Å². The van der Waals surface area contributed by atoms with Crippen LogP contribution in [0, 0.1) is 6.92 Å². The highest BCUT2D eigenvalue weighted by Crippen LogP contribution is 2.19. The maximum absolute atomic E-state index is 11.8. The Bertz CT molecular complexity index is 471. The van der Waals surface area contributed by atoms with E-state index in [9.17, 15) is 14.7 Å². The van der Waals surface area contributed by atoms with E-state index in [0.717, 1.165) is 12.0 Å². The van der Waals surface area contributed by atoms with Gasteiger partial charge in [-0.15, -0.1) is 0 Å². The SMILES string of the molecule is CCCNC(=O)[C@@H](C)OC(=O)c1cc(C)ccc1O. The number of hydrogen-bond acceptors (Lipinski definition) is 4. The Hall–Kier alpha value is -2.04. The van der Waals surface area contributed by atoms with Gasteiger partial charge in [0.25, 0.3) is 5.91 Å². The number of aromatic hydroxyl groups is 1. The van der Waals surface area contributed by atoms with Gasteiger partial charge in [-0.2, -0.15) is 0 Å². The summed E-state index contributed by atoms with van der Waals surface area (Å²) in [5.41, 5.74) is 0.892. The molecule has 0 saturated heterocycles. The number of carbonyl (C=O) groups is 2. The number of ether oxygens (including phenoxy) is 1. The second-order valence-corrected chi connectivity index (χ2v) is 4.36. The van der Waals surface area contributed by atoms with Crippen molar-refractivity contribution in [2.45, 2.75) is 33.3 Å². The van der Waals surface area contributed by atoms with Gasteiger partial charge in [-0.1, -0.05) is 18.6 Å². The summed E-state index contributed by atoms with van der Waals surface area (Å²) in [7, 11) is 0. The molecule has 19 heavy (non-hydrogen) atoms. The van der Waals surface area contributed by atoms with Crippen molar-refractivity contribution in [2.75, 3.05) is 6.54 Å². The lowest BCUT2D eigenvalue weighted by molar-refractivity contribution is -0.129. The number of aryl methyl sites for hydroxylation is 1. The summed E-state index contributed by atoms with van der Waals surface area (Å²) < 4.78 is 5.02. The number of benzene rings is 1. The van der Waals surface area contributed by atoms with Crippen molar-refractivity contribution >= 4 is 11.9 Å². The molecule has 0 aromatic heterocycles. The van der Waals surface area contributed by atoms with Crippen LogP contribution in [0.2, 0.25) is 0 Å². The van der Waals surface area contributed by atoms with Crippen LogP contribution in [-0.4, -0.2) is 29.6 Å². The molecule has 0 fully saturated rings. The minimum absolute atomic E-state index is 0.0649. The number of phenols is 1. The van der Waals surface area contributed by atoms with Gasteiger partial charge >= 0.3 is 5.97 Å². The number of amides is 1. The molecule has 0 unspecified atom stereocenters. The normalized spacial score (nSPS) is 11.7. The van der Waals surface area contributed by atoms with Crippen LogP contribution < -0.4 is 5.32 Å². The van der Waals surface area contributed by atoms with Gasteiger partial charge in [0.1, 0.15) is 11.3 Å². The monoisotopic (exact) mass is 265 g/mol. The van der Waals surface area contributed by atoms with Crippen molar-refractivity contribution in [1.82, 2.24) is 5.32 Å². The van der Waals surface area contributed by atoms with Crippen molar-refractivity contribution in [2.24, 2.45) is 0 Å². The zero-order valence-corrected chi connectivity index (χ0v) is 11.4. The van der Waals surface area contributed by atoms with E-state index in [0.29, 0.717) is 6.54 Å². The molecule has 104 valence electrons. The van der Waals surface area contributed by atoms with E-state index >= 15 is 0 Å². The molecule has 1 aromatic rings. The Morgan fingerprint density at radius 2 is 2.11 bits per heavy atom. The van der Waals surface area contributed by atoms with Gasteiger partial charge in [0, 0.05) is 6.54 Å². The first-order valence-electron chi connectivity index (χ1n) is 6.24. The molecule has 5 heteroatoms. The summed E-state index contributed by atoms with van der Waals surface area (Å²) in [6.45, 7) is 5.77. The van der Waals surface area contributed by atoms with Crippen molar-refractivity contribution in [1.29, 1.82) is 0 Å². The molecule has 2 N–H and O–H groups in total. The van der Waals surface area contributed by atoms with Gasteiger partial charge in [0.15, 0.2) is 6.10 Å². The quantitative estimate of drug-likeness (QED) is 0.796. The topological polar surface area (TPSA) is 75.6 Å². The number of carbonyl (C=O) groups excluding carboxylic acids is 2. The summed E-state index contributed by atoms with van der Waals surface area (Å²) in [6.07, 6.45) is -0.0793. The van der Waals surface area contributed by atoms with E-state index in [4.69, 9.17) is 4.74 Å². The summed E-state index contributed by atoms with van der Waals surface area (Å²) in [5.74, 6) is -1.21. The van der Waals surface area contributed by atoms with Gasteiger partial charge in [-0.3, -0.25) is 4.79 Å². The fraction of sp³-hybridized carbons (Fsp3) is 0.429. The fourth-order valence-corrected chi connectivity index (χ4v) is 1.48. The molecule has 1 aromatic carbocycles. The van der Waals surface area contributed by atoms with Gasteiger partial charge in [0.2, 0.25) is 0 Å². The molecule has 0 aliphatic carbocycles. The van der Waals surface area contributed by atoms with Gasteiger partial charge in [-0.25, -0.2) is 4.79 Å². The van der Waals surface area contributed by atoms with E-state index < -0.39 is 12.1 Å². The first kappa shape index (κ1) is 15.0. The minimum atomic E-state index is -0.890. The lowest BCUT2D eigenvalue weighted by atomic mass is 10.1. The average molecular weight is 265 g/mol. The molecule has 0 radical (unpaired) electrons. The maximum atomic E-state index is 11.8. The fourth-order valence-electron chi connectivity index (χ4n) is 1.48. The van der Waals surface area contributed by atoms with Gasteiger partial charge < -0.3 is 15.2 Å². The number of esters is 1. The van der Waals surface area contributed by atoms with Crippen LogP contribution in [0.3, 0.4) is 0 Å². The number of rotatable bonds is 5. The lowest BCUT2D eigenvalue weighted by Crippen LogP contribution is -2.36. The highest BCUT2D eigenvalue weighted by molar-refractivity contribution is 5.94. The summed E-state index contributed by atoms with van der Waals surface area (Å²) in [6, 6.07) is 4.63. The van der Waals surface area contributed by atoms with E-state index in [2.05, 4.69) is 5.32 Å². The zero-order chi connectivity index (χ0) is 14.4. The van der Waals surface area contributed by atoms with Crippen LogP contribution in [0.5, 0.6) is 5.75 Å². The second kappa shape index (κ2) is 6.78. The Balaban J connectivity index is 2.68. The molecule has 0 aliphatic heterocycles. The molecule has 0 aliphatic rings. The molecule has 1 atom stereocenters. The average Bonchev–Trinajstić information content (AvgIpc) is 2.38. The molecule has 1 rings (SSSR count). The van der Waals surface area contributed by atoms with E-state index in [1.807, 2.05) is 6.92 Å². The van der Waals surface area contributed by atoms with Crippen LogP contribution in [0.15, 0.2) is 18.2 Å². The zero-order valence-electron chi connectivity index (χ0n) is 11.4. The van der Waals surface area contributed by atoms with E-state index in [-0.39, 0.29) is 17.2 Å². The van der Waals surface area contributed by atoms with Gasteiger partial charge in [-0.05, 0) is 32.4 Å². The van der Waals surface area contributed by atoms with Crippen molar-refractivity contribution in [3.05, 3.63) is 29.3 Å². The molecule has 5 nitrogen and oxygen atoms in total. The van der Waals surface area contributed by atoms with Crippen LogP contribution in [0.4, 0.5) is 0 Å². The summed E-state index contributed by atoms with van der Waals surface area (Å²) >= 11 is 0. The third-order valence-corrected chi connectivity index (χ3v) is 2.57. The molecular weight excluding hydrogens is 246 g/mol. The second-order valence-electron chi connectivity index (χ2n) is 4.36. The summed E-state index contributed by atoms with van der Waals surface area (Å²) in [5, 5.41) is 12.2. The van der Waals surface area contributed by atoms with Crippen LogP contribution in [0.1, 0.15) is 36.2 Å². The smallest absolute Gasteiger partial charge is 0.342 e. The first-order valence-corrected chi connectivity index (χ1v) is 6.24. The third kappa shape index (κ3) is 4.28. The highest BCUT2D eigenvalue weighted by atomic mass is 16.5. The molecular formula is C14H19NO4. The maximum Gasteiger partial charge on any atom is 0.342 e. The van der Waals surface area contributed by atoms with Crippen molar-refractivity contribution in [3.63, 3.8) is 0 Å². The van der Waals surface area contributed by atoms with Crippen LogP contribution in [0.25, 0.3) is 0 Å². The standard InChI is InChI=1S/C14H19NO4/c1-4-7-15-13(17)10(3)19-14(18)11-8-9(2)5-6-12(11)16/h5-6,8,10,16H,4,7H2,1-3H3,(H,15,17)/t10-/m1/s1. The van der Waals surface area contributed by atoms with Crippen LogP contribution in [-0.2, 0) is 9.53 Å². The van der Waals surface area contributed by atoms with Gasteiger partial charge in [0.05, 0.1) is 0 Å².